The first-order valence-electron chi connectivity index (χ1n) is 6.77. The molecule has 3 saturated heterocycles. The van der Waals surface area contributed by atoms with Crippen LogP contribution in [0.5, 0.6) is 0 Å². The lowest BCUT2D eigenvalue weighted by atomic mass is 9.81. The molecule has 4 heteroatoms. The van der Waals surface area contributed by atoms with Gasteiger partial charge < -0.3 is 4.74 Å². The molecule has 3 fully saturated rings. The van der Waals surface area contributed by atoms with E-state index in [1.165, 1.54) is 4.90 Å². The Labute approximate surface area is 111 Å². The highest BCUT2D eigenvalue weighted by atomic mass is 16.5. The smallest absolute Gasteiger partial charge is 0.240 e. The summed E-state index contributed by atoms with van der Waals surface area (Å²) in [5.41, 5.74) is 1.75. The molecule has 0 spiro atoms. The highest BCUT2D eigenvalue weighted by Crippen LogP contribution is 2.49. The Kier molecular flexibility index (Phi) is 2.16. The SMILES string of the molecule is Cc1cccc(N2C(=O)[C@@H]3[C@H](C2=O)[C@@H]2CC[C@@H]3O2)c1. The molecular formula is C15H15NO3. The summed E-state index contributed by atoms with van der Waals surface area (Å²) in [5, 5.41) is 0. The lowest BCUT2D eigenvalue weighted by Gasteiger charge is -2.17. The Balaban J connectivity index is 1.75. The van der Waals surface area contributed by atoms with Gasteiger partial charge in [0.25, 0.3) is 0 Å². The van der Waals surface area contributed by atoms with Crippen LogP contribution < -0.4 is 4.90 Å². The van der Waals surface area contributed by atoms with E-state index in [0.717, 1.165) is 18.4 Å². The maximum absolute atomic E-state index is 12.5. The van der Waals surface area contributed by atoms with Crippen LogP contribution in [0.2, 0.25) is 0 Å². The van der Waals surface area contributed by atoms with Crippen molar-refractivity contribution in [2.45, 2.75) is 32.0 Å². The summed E-state index contributed by atoms with van der Waals surface area (Å²) in [6, 6.07) is 7.55. The Bertz CT molecular complexity index is 555. The standard InChI is InChI=1S/C15H15NO3/c1-8-3-2-4-9(7-8)16-14(17)12-10-5-6-11(19-10)13(12)15(16)18/h2-4,7,10-13H,5-6H2,1H3/t10-,11-,12-,13+/m0/s1. The van der Waals surface area contributed by atoms with Gasteiger partial charge in [0.15, 0.2) is 0 Å². The fourth-order valence-electron chi connectivity index (χ4n) is 3.73. The third kappa shape index (κ3) is 1.38. The van der Waals surface area contributed by atoms with Crippen LogP contribution in [-0.2, 0) is 14.3 Å². The number of hydrogen-bond acceptors (Lipinski definition) is 3. The Morgan fingerprint density at radius 1 is 1.11 bits per heavy atom. The lowest BCUT2D eigenvalue weighted by molar-refractivity contribution is -0.124. The van der Waals surface area contributed by atoms with Crippen LogP contribution in [0.25, 0.3) is 0 Å². The van der Waals surface area contributed by atoms with Crippen LogP contribution in [0.1, 0.15) is 18.4 Å². The van der Waals surface area contributed by atoms with Crippen molar-refractivity contribution < 1.29 is 14.3 Å². The van der Waals surface area contributed by atoms with Gasteiger partial charge in [-0.1, -0.05) is 12.1 Å². The zero-order chi connectivity index (χ0) is 13.1. The summed E-state index contributed by atoms with van der Waals surface area (Å²) in [5.74, 6) is -0.640. The van der Waals surface area contributed by atoms with Crippen LogP contribution in [-0.4, -0.2) is 24.0 Å². The summed E-state index contributed by atoms with van der Waals surface area (Å²) >= 11 is 0. The van der Waals surface area contributed by atoms with Crippen molar-refractivity contribution in [3.63, 3.8) is 0 Å². The molecule has 4 nitrogen and oxygen atoms in total. The van der Waals surface area contributed by atoms with Gasteiger partial charge in [-0.25, -0.2) is 4.90 Å². The third-order valence-electron chi connectivity index (χ3n) is 4.54. The van der Waals surface area contributed by atoms with Gasteiger partial charge in [0, 0.05) is 0 Å². The molecule has 4 rings (SSSR count). The van der Waals surface area contributed by atoms with Crippen LogP contribution in [0.4, 0.5) is 5.69 Å². The summed E-state index contributed by atoms with van der Waals surface area (Å²) in [6.45, 7) is 1.96. The number of carbonyl (C=O) groups excluding carboxylic acids is 2. The van der Waals surface area contributed by atoms with Crippen molar-refractivity contribution in [3.8, 4) is 0 Å². The topological polar surface area (TPSA) is 46.6 Å². The Hall–Kier alpha value is -1.68. The third-order valence-corrected chi connectivity index (χ3v) is 4.54. The van der Waals surface area contributed by atoms with Crippen molar-refractivity contribution in [2.75, 3.05) is 4.90 Å². The number of imide groups is 1. The molecule has 0 saturated carbocycles. The zero-order valence-electron chi connectivity index (χ0n) is 10.7. The number of aryl methyl sites for hydroxylation is 1. The van der Waals surface area contributed by atoms with E-state index < -0.39 is 0 Å². The number of carbonyl (C=O) groups is 2. The van der Waals surface area contributed by atoms with Crippen LogP contribution in [0, 0.1) is 18.8 Å². The fourth-order valence-corrected chi connectivity index (χ4v) is 3.73. The molecule has 2 amide bonds. The van der Waals surface area contributed by atoms with Gasteiger partial charge in [0.2, 0.25) is 11.8 Å². The van der Waals surface area contributed by atoms with E-state index in [4.69, 9.17) is 4.74 Å². The van der Waals surface area contributed by atoms with E-state index in [2.05, 4.69) is 0 Å². The molecule has 0 N–H and O–H groups in total. The van der Waals surface area contributed by atoms with Gasteiger partial charge in [-0.3, -0.25) is 9.59 Å². The minimum Gasteiger partial charge on any atom is -0.373 e. The molecule has 98 valence electrons. The first kappa shape index (κ1) is 11.2. The van der Waals surface area contributed by atoms with Crippen molar-refractivity contribution in [1.82, 2.24) is 0 Å². The molecule has 0 radical (unpaired) electrons. The second kappa shape index (κ2) is 3.67. The Morgan fingerprint density at radius 2 is 1.74 bits per heavy atom. The second-order valence-electron chi connectivity index (χ2n) is 5.69. The Morgan fingerprint density at radius 3 is 2.32 bits per heavy atom. The van der Waals surface area contributed by atoms with E-state index in [0.29, 0.717) is 5.69 Å². The maximum Gasteiger partial charge on any atom is 0.240 e. The quantitative estimate of drug-likeness (QED) is 0.719. The molecule has 3 aliphatic rings. The first-order valence-corrected chi connectivity index (χ1v) is 6.77. The number of benzene rings is 1. The summed E-state index contributed by atoms with van der Waals surface area (Å²) in [7, 11) is 0. The molecule has 1 aromatic carbocycles. The van der Waals surface area contributed by atoms with Gasteiger partial charge in [-0.15, -0.1) is 0 Å². The van der Waals surface area contributed by atoms with Crippen LogP contribution in [0.15, 0.2) is 24.3 Å². The summed E-state index contributed by atoms with van der Waals surface area (Å²) in [6.07, 6.45) is 1.74. The molecule has 4 atom stereocenters. The van der Waals surface area contributed by atoms with Gasteiger partial charge in [-0.2, -0.15) is 0 Å². The normalized spacial score (nSPS) is 36.2. The highest BCUT2D eigenvalue weighted by molar-refractivity contribution is 6.22. The predicted octanol–water partition coefficient (Wildman–Crippen LogP) is 1.66. The molecular weight excluding hydrogens is 242 g/mol. The zero-order valence-corrected chi connectivity index (χ0v) is 10.7. The molecule has 0 aromatic heterocycles. The summed E-state index contributed by atoms with van der Waals surface area (Å²) < 4.78 is 5.72. The van der Waals surface area contributed by atoms with Gasteiger partial charge in [0.05, 0.1) is 29.7 Å². The number of hydrogen-bond donors (Lipinski definition) is 0. The number of anilines is 1. The molecule has 1 aromatic rings. The van der Waals surface area contributed by atoms with E-state index >= 15 is 0 Å². The van der Waals surface area contributed by atoms with Gasteiger partial charge >= 0.3 is 0 Å². The van der Waals surface area contributed by atoms with Crippen LogP contribution >= 0.6 is 0 Å². The molecule has 3 aliphatic heterocycles. The molecule has 0 unspecified atom stereocenters. The van der Waals surface area contributed by atoms with E-state index in [9.17, 15) is 9.59 Å². The van der Waals surface area contributed by atoms with Crippen LogP contribution in [0.3, 0.4) is 0 Å². The number of amides is 2. The van der Waals surface area contributed by atoms with Gasteiger partial charge in [0.1, 0.15) is 0 Å². The fraction of sp³-hybridized carbons (Fsp3) is 0.467. The number of ether oxygens (including phenoxy) is 1. The molecule has 2 bridgehead atoms. The second-order valence-corrected chi connectivity index (χ2v) is 5.69. The highest BCUT2D eigenvalue weighted by Gasteiger charge is 2.62. The van der Waals surface area contributed by atoms with E-state index in [1.54, 1.807) is 0 Å². The number of rotatable bonds is 1. The molecule has 3 heterocycles. The minimum atomic E-state index is -0.244. The monoisotopic (exact) mass is 257 g/mol. The largest absolute Gasteiger partial charge is 0.373 e. The molecule has 19 heavy (non-hydrogen) atoms. The summed E-state index contributed by atoms with van der Waals surface area (Å²) in [4.78, 5) is 26.4. The van der Waals surface area contributed by atoms with Crippen molar-refractivity contribution in [3.05, 3.63) is 29.8 Å². The number of fused-ring (bicyclic) bond motifs is 5. The van der Waals surface area contributed by atoms with Crippen molar-refractivity contribution >= 4 is 17.5 Å². The average molecular weight is 257 g/mol. The number of nitrogens with zero attached hydrogens (tertiary/aromatic N) is 1. The van der Waals surface area contributed by atoms with E-state index in [1.807, 2.05) is 31.2 Å². The van der Waals surface area contributed by atoms with Crippen molar-refractivity contribution in [2.24, 2.45) is 11.8 Å². The van der Waals surface area contributed by atoms with Crippen molar-refractivity contribution in [1.29, 1.82) is 0 Å². The first-order chi connectivity index (χ1) is 9.16. The average Bonchev–Trinajstić information content (AvgIpc) is 3.04. The minimum absolute atomic E-state index is 0.0405. The van der Waals surface area contributed by atoms with E-state index in [-0.39, 0.29) is 35.9 Å². The molecule has 0 aliphatic carbocycles. The lowest BCUT2D eigenvalue weighted by Crippen LogP contribution is -2.34. The maximum atomic E-state index is 12.5. The predicted molar refractivity (Wildman–Crippen MR) is 68.5 cm³/mol. The van der Waals surface area contributed by atoms with Gasteiger partial charge in [-0.05, 0) is 37.5 Å².